The third-order valence-electron chi connectivity index (χ3n) is 3.26. The molecule has 0 aromatic heterocycles. The topological polar surface area (TPSA) is 61.5 Å². The summed E-state index contributed by atoms with van der Waals surface area (Å²) in [7, 11) is 0. The molecule has 0 amide bonds. The number of aryl methyl sites for hydroxylation is 1. The largest absolute Gasteiger partial charge is 0.508 e. The lowest BCUT2D eigenvalue weighted by Gasteiger charge is -2.34. The Morgan fingerprint density at radius 2 is 2.11 bits per heavy atom. The summed E-state index contributed by atoms with van der Waals surface area (Å²) < 4.78 is 0. The molecule has 0 spiro atoms. The van der Waals surface area contributed by atoms with Crippen molar-refractivity contribution in [1.29, 1.82) is 0 Å². The fourth-order valence-electron chi connectivity index (χ4n) is 2.36. The van der Waals surface area contributed by atoms with Crippen LogP contribution in [-0.2, 0) is 0 Å². The molecule has 4 nitrogen and oxygen atoms in total. The fraction of sp³-hybridized carbons (Fsp3) is 0.462. The van der Waals surface area contributed by atoms with Gasteiger partial charge in [-0.05, 0) is 13.0 Å². The van der Waals surface area contributed by atoms with Gasteiger partial charge < -0.3 is 16.2 Å². The van der Waals surface area contributed by atoms with Crippen LogP contribution in [0, 0.1) is 6.92 Å². The minimum absolute atomic E-state index is 0.179. The highest BCUT2D eigenvalue weighted by molar-refractivity contribution is 7.80. The number of nitrogens with zero attached hydrogens (tertiary/aromatic N) is 1. The Morgan fingerprint density at radius 1 is 1.44 bits per heavy atom. The number of phenols is 1. The molecule has 98 valence electrons. The van der Waals surface area contributed by atoms with Crippen molar-refractivity contribution in [2.24, 2.45) is 5.73 Å². The summed E-state index contributed by atoms with van der Waals surface area (Å²) in [6.45, 7) is 5.61. The second-order valence-electron chi connectivity index (χ2n) is 4.65. The van der Waals surface area contributed by atoms with Crippen molar-refractivity contribution in [1.82, 2.24) is 10.2 Å². The Hall–Kier alpha value is -1.17. The summed E-state index contributed by atoms with van der Waals surface area (Å²) in [6.07, 6.45) is 0. The lowest BCUT2D eigenvalue weighted by Crippen LogP contribution is -2.48. The summed E-state index contributed by atoms with van der Waals surface area (Å²) in [5.74, 6) is 0.261. The second kappa shape index (κ2) is 5.65. The first kappa shape index (κ1) is 13.3. The van der Waals surface area contributed by atoms with Gasteiger partial charge >= 0.3 is 0 Å². The van der Waals surface area contributed by atoms with Crippen molar-refractivity contribution in [2.45, 2.75) is 13.0 Å². The third kappa shape index (κ3) is 2.80. The molecule has 0 bridgehead atoms. The molecule has 0 aliphatic carbocycles. The highest BCUT2D eigenvalue weighted by Crippen LogP contribution is 2.30. The van der Waals surface area contributed by atoms with Gasteiger partial charge in [0.2, 0.25) is 0 Å². The number of piperazine rings is 1. The van der Waals surface area contributed by atoms with Gasteiger partial charge in [0.25, 0.3) is 0 Å². The van der Waals surface area contributed by atoms with E-state index in [4.69, 9.17) is 18.0 Å². The van der Waals surface area contributed by atoms with Gasteiger partial charge in [-0.1, -0.05) is 29.9 Å². The number of hydrogen-bond donors (Lipinski definition) is 3. The molecule has 1 aliphatic rings. The van der Waals surface area contributed by atoms with Crippen molar-refractivity contribution in [3.8, 4) is 5.75 Å². The van der Waals surface area contributed by atoms with Crippen LogP contribution in [0.15, 0.2) is 18.2 Å². The van der Waals surface area contributed by atoms with Gasteiger partial charge in [-0.25, -0.2) is 0 Å². The molecular weight excluding hydrogens is 246 g/mol. The van der Waals surface area contributed by atoms with Crippen LogP contribution < -0.4 is 11.1 Å². The number of thiocarbonyl (C=S) groups is 1. The number of aromatic hydroxyl groups is 1. The molecule has 1 fully saturated rings. The average molecular weight is 265 g/mol. The van der Waals surface area contributed by atoms with Crippen LogP contribution in [0.2, 0.25) is 0 Å². The van der Waals surface area contributed by atoms with Crippen LogP contribution in [0.25, 0.3) is 0 Å². The van der Waals surface area contributed by atoms with Gasteiger partial charge in [0.05, 0.1) is 11.0 Å². The van der Waals surface area contributed by atoms with E-state index >= 15 is 0 Å². The number of nitrogens with two attached hydrogens (primary N) is 1. The first-order valence-corrected chi connectivity index (χ1v) is 6.54. The molecule has 18 heavy (non-hydrogen) atoms. The predicted molar refractivity (Wildman–Crippen MR) is 76.8 cm³/mol. The Kier molecular flexibility index (Phi) is 4.16. The predicted octanol–water partition coefficient (Wildman–Crippen LogP) is 0.933. The number of phenolic OH excluding ortho intramolecular Hbond substituents is 1. The smallest absolute Gasteiger partial charge is 0.120 e. The summed E-state index contributed by atoms with van der Waals surface area (Å²) in [6, 6.07) is 5.37. The number of nitrogens with one attached hydrogen (secondary N) is 1. The van der Waals surface area contributed by atoms with E-state index in [2.05, 4.69) is 10.2 Å². The van der Waals surface area contributed by atoms with Gasteiger partial charge in [-0.15, -0.1) is 0 Å². The number of benzene rings is 1. The zero-order chi connectivity index (χ0) is 13.1. The van der Waals surface area contributed by atoms with Crippen molar-refractivity contribution in [2.75, 3.05) is 26.2 Å². The van der Waals surface area contributed by atoms with Crippen molar-refractivity contribution >= 4 is 17.2 Å². The Morgan fingerprint density at radius 3 is 2.72 bits per heavy atom. The van der Waals surface area contributed by atoms with E-state index in [0.717, 1.165) is 37.3 Å². The molecule has 0 radical (unpaired) electrons. The Bertz CT molecular complexity index is 444. The minimum Gasteiger partial charge on any atom is -0.508 e. The summed E-state index contributed by atoms with van der Waals surface area (Å²) in [5.41, 5.74) is 7.78. The molecule has 4 N–H and O–H groups in total. The maximum Gasteiger partial charge on any atom is 0.120 e. The first-order chi connectivity index (χ1) is 8.59. The van der Waals surface area contributed by atoms with Gasteiger partial charge in [0, 0.05) is 31.7 Å². The molecular formula is C13H19N3OS. The quantitative estimate of drug-likeness (QED) is 0.710. The van der Waals surface area contributed by atoms with Crippen LogP contribution in [0.3, 0.4) is 0 Å². The Labute approximate surface area is 113 Å². The van der Waals surface area contributed by atoms with E-state index in [0.29, 0.717) is 4.99 Å². The normalized spacial score (nSPS) is 18.5. The lowest BCUT2D eigenvalue weighted by molar-refractivity contribution is 0.212. The summed E-state index contributed by atoms with van der Waals surface area (Å²) in [5, 5.41) is 13.3. The Balaban J connectivity index is 2.34. The molecule has 1 atom stereocenters. The highest BCUT2D eigenvalue weighted by atomic mass is 32.1. The van der Waals surface area contributed by atoms with Crippen LogP contribution >= 0.6 is 12.2 Å². The zero-order valence-corrected chi connectivity index (χ0v) is 11.3. The summed E-state index contributed by atoms with van der Waals surface area (Å²) in [4.78, 5) is 2.63. The molecule has 1 aliphatic heterocycles. The lowest BCUT2D eigenvalue weighted by atomic mass is 10.0. The van der Waals surface area contributed by atoms with E-state index in [-0.39, 0.29) is 11.8 Å². The number of hydrogen-bond acceptors (Lipinski definition) is 4. The van der Waals surface area contributed by atoms with Crippen LogP contribution in [0.4, 0.5) is 0 Å². The van der Waals surface area contributed by atoms with Crippen LogP contribution in [0.1, 0.15) is 17.2 Å². The van der Waals surface area contributed by atoms with E-state index in [1.54, 1.807) is 6.07 Å². The van der Waals surface area contributed by atoms with E-state index in [1.165, 1.54) is 0 Å². The molecule has 2 rings (SSSR count). The van der Waals surface area contributed by atoms with E-state index in [9.17, 15) is 5.11 Å². The SMILES string of the molecule is Cc1ccc(O)c(C(C(N)=S)N2CCNCC2)c1. The fourth-order valence-corrected chi connectivity index (χ4v) is 2.64. The van der Waals surface area contributed by atoms with Crippen LogP contribution in [0.5, 0.6) is 5.75 Å². The average Bonchev–Trinajstić information content (AvgIpc) is 2.35. The zero-order valence-electron chi connectivity index (χ0n) is 10.5. The molecule has 5 heteroatoms. The van der Waals surface area contributed by atoms with Crippen LogP contribution in [-0.4, -0.2) is 41.2 Å². The van der Waals surface area contributed by atoms with E-state index in [1.807, 2.05) is 19.1 Å². The molecule has 1 aromatic carbocycles. The highest BCUT2D eigenvalue weighted by Gasteiger charge is 2.26. The molecule has 1 aromatic rings. The molecule has 1 unspecified atom stereocenters. The third-order valence-corrected chi connectivity index (χ3v) is 3.49. The van der Waals surface area contributed by atoms with Crippen molar-refractivity contribution in [3.05, 3.63) is 29.3 Å². The molecule has 1 saturated heterocycles. The van der Waals surface area contributed by atoms with E-state index < -0.39 is 0 Å². The maximum absolute atomic E-state index is 10.0. The van der Waals surface area contributed by atoms with Crippen molar-refractivity contribution in [3.63, 3.8) is 0 Å². The second-order valence-corrected chi connectivity index (χ2v) is 5.12. The molecule has 0 saturated carbocycles. The van der Waals surface area contributed by atoms with Gasteiger partial charge in [0.1, 0.15) is 5.75 Å². The number of rotatable bonds is 3. The monoisotopic (exact) mass is 265 g/mol. The standard InChI is InChI=1S/C13H19N3OS/c1-9-2-3-11(17)10(8-9)12(13(14)18)16-6-4-15-5-7-16/h2-3,8,12,15,17H,4-7H2,1H3,(H2,14,18). The van der Waals surface area contributed by atoms with Gasteiger partial charge in [-0.2, -0.15) is 0 Å². The summed E-state index contributed by atoms with van der Waals surface area (Å²) >= 11 is 5.19. The van der Waals surface area contributed by atoms with Gasteiger partial charge in [-0.3, -0.25) is 4.90 Å². The van der Waals surface area contributed by atoms with Gasteiger partial charge in [0.15, 0.2) is 0 Å². The molecule has 1 heterocycles. The minimum atomic E-state index is -0.179. The van der Waals surface area contributed by atoms with Crippen molar-refractivity contribution < 1.29 is 5.11 Å². The maximum atomic E-state index is 10.0. The first-order valence-electron chi connectivity index (χ1n) is 6.13.